The van der Waals surface area contributed by atoms with Gasteiger partial charge in [-0.25, -0.2) is 0 Å². The molecule has 1 atom stereocenters. The van der Waals surface area contributed by atoms with Crippen molar-refractivity contribution in [3.8, 4) is 6.07 Å². The van der Waals surface area contributed by atoms with Gasteiger partial charge in [0.05, 0.1) is 17.3 Å². The van der Waals surface area contributed by atoms with E-state index in [1.165, 1.54) is 0 Å². The van der Waals surface area contributed by atoms with Gasteiger partial charge >= 0.3 is 0 Å². The summed E-state index contributed by atoms with van der Waals surface area (Å²) in [6.45, 7) is 1.27. The Morgan fingerprint density at radius 3 is 2.85 bits per heavy atom. The molecule has 0 aliphatic carbocycles. The smallest absolute Gasteiger partial charge is 0.101 e. The first-order valence-corrected chi connectivity index (χ1v) is 4.33. The van der Waals surface area contributed by atoms with E-state index in [1.54, 1.807) is 25.1 Å². The second kappa shape index (κ2) is 4.25. The number of hydrogen-bond donors (Lipinski definition) is 0. The third kappa shape index (κ3) is 1.99. The maximum absolute atomic E-state index is 12.3. The molecular formula is C10H9ClFN. The average molecular weight is 198 g/mol. The minimum atomic E-state index is -0.464. The van der Waals surface area contributed by atoms with Gasteiger partial charge in [-0.15, -0.1) is 0 Å². The van der Waals surface area contributed by atoms with Gasteiger partial charge in [-0.2, -0.15) is 5.26 Å². The summed E-state index contributed by atoms with van der Waals surface area (Å²) in [4.78, 5) is 0. The van der Waals surface area contributed by atoms with Gasteiger partial charge in [-0.05, 0) is 11.6 Å². The van der Waals surface area contributed by atoms with Crippen LogP contribution >= 0.6 is 11.6 Å². The lowest BCUT2D eigenvalue weighted by atomic mass is 10.0. The molecule has 0 aliphatic heterocycles. The fourth-order valence-electron chi connectivity index (χ4n) is 1.10. The number of halogens is 2. The highest BCUT2D eigenvalue weighted by Crippen LogP contribution is 2.27. The van der Waals surface area contributed by atoms with Gasteiger partial charge in [0.15, 0.2) is 0 Å². The molecule has 1 aromatic carbocycles. The van der Waals surface area contributed by atoms with Crippen LogP contribution in [-0.4, -0.2) is 6.67 Å². The Balaban J connectivity index is 3.17. The molecule has 1 unspecified atom stereocenters. The molecule has 13 heavy (non-hydrogen) atoms. The van der Waals surface area contributed by atoms with E-state index in [9.17, 15) is 4.39 Å². The van der Waals surface area contributed by atoms with E-state index in [1.807, 2.05) is 6.07 Å². The number of hydrogen-bond acceptors (Lipinski definition) is 1. The highest BCUT2D eigenvalue weighted by Gasteiger charge is 2.11. The van der Waals surface area contributed by atoms with Crippen molar-refractivity contribution in [2.45, 2.75) is 12.8 Å². The van der Waals surface area contributed by atoms with Crippen LogP contribution in [0, 0.1) is 11.3 Å². The van der Waals surface area contributed by atoms with E-state index in [0.717, 1.165) is 0 Å². The van der Waals surface area contributed by atoms with E-state index < -0.39 is 6.67 Å². The lowest BCUT2D eigenvalue weighted by molar-refractivity contribution is 0.447. The summed E-state index contributed by atoms with van der Waals surface area (Å²) in [6, 6.07) is 7.04. The highest BCUT2D eigenvalue weighted by molar-refractivity contribution is 6.32. The van der Waals surface area contributed by atoms with E-state index in [0.29, 0.717) is 16.1 Å². The van der Waals surface area contributed by atoms with Crippen molar-refractivity contribution in [3.05, 3.63) is 34.3 Å². The summed E-state index contributed by atoms with van der Waals surface area (Å²) in [7, 11) is 0. The maximum Gasteiger partial charge on any atom is 0.101 e. The standard InChI is InChI=1S/C10H9ClFN/c1-7(5-12)9-4-2-3-8(6-13)10(9)11/h2-4,7H,5H2,1H3. The van der Waals surface area contributed by atoms with Crippen LogP contribution in [-0.2, 0) is 0 Å². The van der Waals surface area contributed by atoms with Gasteiger partial charge in [0.1, 0.15) is 6.07 Å². The molecule has 68 valence electrons. The molecule has 0 radical (unpaired) electrons. The molecule has 0 saturated heterocycles. The van der Waals surface area contributed by atoms with Gasteiger partial charge in [0, 0.05) is 5.92 Å². The molecule has 1 rings (SSSR count). The zero-order valence-electron chi connectivity index (χ0n) is 7.22. The van der Waals surface area contributed by atoms with Crippen molar-refractivity contribution in [3.63, 3.8) is 0 Å². The summed E-state index contributed by atoms with van der Waals surface area (Å²) in [5.41, 5.74) is 1.10. The predicted molar refractivity (Wildman–Crippen MR) is 50.6 cm³/mol. The molecule has 0 aromatic heterocycles. The topological polar surface area (TPSA) is 23.8 Å². The van der Waals surface area contributed by atoms with Gasteiger partial charge in [0.2, 0.25) is 0 Å². The number of benzene rings is 1. The van der Waals surface area contributed by atoms with Crippen molar-refractivity contribution in [1.82, 2.24) is 0 Å². The summed E-state index contributed by atoms with van der Waals surface area (Å²) in [5, 5.41) is 9.04. The molecule has 0 spiro atoms. The Bertz CT molecular complexity index is 343. The first-order valence-electron chi connectivity index (χ1n) is 3.95. The normalized spacial score (nSPS) is 12.2. The zero-order chi connectivity index (χ0) is 9.84. The maximum atomic E-state index is 12.3. The van der Waals surface area contributed by atoms with Gasteiger partial charge in [-0.1, -0.05) is 30.7 Å². The molecule has 0 fully saturated rings. The SMILES string of the molecule is CC(CF)c1cccc(C#N)c1Cl. The Morgan fingerprint density at radius 1 is 1.62 bits per heavy atom. The van der Waals surface area contributed by atoms with Crippen LogP contribution in [0.15, 0.2) is 18.2 Å². The monoisotopic (exact) mass is 197 g/mol. The van der Waals surface area contributed by atoms with Gasteiger partial charge in [0.25, 0.3) is 0 Å². The highest BCUT2D eigenvalue weighted by atomic mass is 35.5. The molecule has 0 heterocycles. The van der Waals surface area contributed by atoms with Crippen LogP contribution in [0.5, 0.6) is 0 Å². The third-order valence-corrected chi connectivity index (χ3v) is 2.33. The van der Waals surface area contributed by atoms with Crippen LogP contribution in [0.1, 0.15) is 24.0 Å². The Morgan fingerprint density at radius 2 is 2.31 bits per heavy atom. The minimum Gasteiger partial charge on any atom is -0.250 e. The number of nitriles is 1. The fourth-order valence-corrected chi connectivity index (χ4v) is 1.45. The summed E-state index contributed by atoms with van der Waals surface area (Å²) >= 11 is 5.89. The number of nitrogens with zero attached hydrogens (tertiary/aromatic N) is 1. The van der Waals surface area contributed by atoms with Crippen LogP contribution in [0.4, 0.5) is 4.39 Å². The first-order chi connectivity index (χ1) is 6.20. The zero-order valence-corrected chi connectivity index (χ0v) is 7.98. The third-order valence-electron chi connectivity index (χ3n) is 1.91. The first kappa shape index (κ1) is 10.0. The average Bonchev–Trinajstić information content (AvgIpc) is 2.17. The van der Waals surface area contributed by atoms with Crippen LogP contribution in [0.25, 0.3) is 0 Å². The molecule has 0 bridgehead atoms. The Labute approximate surface area is 81.8 Å². The largest absolute Gasteiger partial charge is 0.250 e. The van der Waals surface area contributed by atoms with Gasteiger partial charge in [-0.3, -0.25) is 4.39 Å². The minimum absolute atomic E-state index is 0.249. The molecule has 0 aliphatic rings. The Hall–Kier alpha value is -1.07. The van der Waals surface area contributed by atoms with Crippen molar-refractivity contribution < 1.29 is 4.39 Å². The van der Waals surface area contributed by atoms with Crippen LogP contribution < -0.4 is 0 Å². The quantitative estimate of drug-likeness (QED) is 0.714. The van der Waals surface area contributed by atoms with Crippen molar-refractivity contribution >= 4 is 11.6 Å². The van der Waals surface area contributed by atoms with Crippen molar-refractivity contribution in [2.75, 3.05) is 6.67 Å². The lowest BCUT2D eigenvalue weighted by Gasteiger charge is -2.09. The molecule has 1 aromatic rings. The van der Waals surface area contributed by atoms with E-state index >= 15 is 0 Å². The molecule has 0 amide bonds. The molecule has 0 saturated carbocycles. The second-order valence-electron chi connectivity index (χ2n) is 2.88. The fraction of sp³-hybridized carbons (Fsp3) is 0.300. The second-order valence-corrected chi connectivity index (χ2v) is 3.25. The number of alkyl halides is 1. The molecular weight excluding hydrogens is 189 g/mol. The van der Waals surface area contributed by atoms with Crippen LogP contribution in [0.2, 0.25) is 5.02 Å². The van der Waals surface area contributed by atoms with E-state index in [4.69, 9.17) is 16.9 Å². The lowest BCUT2D eigenvalue weighted by Crippen LogP contribution is -1.97. The number of rotatable bonds is 2. The summed E-state index contributed by atoms with van der Waals surface area (Å²) < 4.78 is 12.3. The van der Waals surface area contributed by atoms with Crippen LogP contribution in [0.3, 0.4) is 0 Å². The molecule has 1 nitrogen and oxygen atoms in total. The predicted octanol–water partition coefficient (Wildman–Crippen LogP) is 3.28. The molecule has 0 N–H and O–H groups in total. The van der Waals surface area contributed by atoms with E-state index in [2.05, 4.69) is 0 Å². The summed E-state index contributed by atoms with van der Waals surface area (Å²) in [6.07, 6.45) is 0. The van der Waals surface area contributed by atoms with Crippen molar-refractivity contribution in [1.29, 1.82) is 5.26 Å². The Kier molecular flexibility index (Phi) is 3.27. The molecule has 3 heteroatoms. The van der Waals surface area contributed by atoms with Crippen molar-refractivity contribution in [2.24, 2.45) is 0 Å². The van der Waals surface area contributed by atoms with E-state index in [-0.39, 0.29) is 5.92 Å². The van der Waals surface area contributed by atoms with Gasteiger partial charge < -0.3 is 0 Å². The summed E-state index contributed by atoms with van der Waals surface area (Å²) in [5.74, 6) is -0.249.